The number of benzene rings is 1. The maximum Gasteiger partial charge on any atom is 0.170 e. The summed E-state index contributed by atoms with van der Waals surface area (Å²) in [6, 6.07) is 23.4. The Labute approximate surface area is 198 Å². The van der Waals surface area contributed by atoms with Gasteiger partial charge in [-0.1, -0.05) is 12.1 Å². The number of ether oxygens (including phenoxy) is 1. The molecule has 7 heteroatoms. The van der Waals surface area contributed by atoms with Gasteiger partial charge in [0.1, 0.15) is 23.3 Å². The summed E-state index contributed by atoms with van der Waals surface area (Å²) >= 11 is 5.74. The molecule has 5 rings (SSSR count). The second-order valence-electron chi connectivity index (χ2n) is 7.73. The van der Waals surface area contributed by atoms with Crippen LogP contribution in [0.4, 0.5) is 0 Å². The smallest absolute Gasteiger partial charge is 0.170 e. The van der Waals surface area contributed by atoms with Crippen molar-refractivity contribution in [1.82, 2.24) is 20.2 Å². The highest BCUT2D eigenvalue weighted by atomic mass is 32.1. The Morgan fingerprint density at radius 2 is 1.76 bits per heavy atom. The van der Waals surface area contributed by atoms with E-state index in [1.54, 1.807) is 12.4 Å². The van der Waals surface area contributed by atoms with Crippen LogP contribution in [0, 0.1) is 0 Å². The lowest BCUT2D eigenvalue weighted by Crippen LogP contribution is -2.29. The SMILES string of the molecule is CCOc1ccc(-c2ccc([C@H]3[C@H](c4ccccn4)NC(=S)N3Cc3ccccn3)o2)cc1. The molecule has 0 saturated carbocycles. The van der Waals surface area contributed by atoms with Gasteiger partial charge in [0.15, 0.2) is 5.11 Å². The maximum absolute atomic E-state index is 6.39. The van der Waals surface area contributed by atoms with Crippen molar-refractivity contribution in [2.45, 2.75) is 25.6 Å². The number of nitrogens with one attached hydrogen (secondary N) is 1. The van der Waals surface area contributed by atoms with Crippen molar-refractivity contribution in [1.29, 1.82) is 0 Å². The summed E-state index contributed by atoms with van der Waals surface area (Å²) in [5, 5.41) is 4.10. The second kappa shape index (κ2) is 9.42. The molecule has 4 heterocycles. The van der Waals surface area contributed by atoms with Crippen LogP contribution in [0.25, 0.3) is 11.3 Å². The minimum absolute atomic E-state index is 0.137. The largest absolute Gasteiger partial charge is 0.494 e. The molecule has 1 aromatic carbocycles. The molecular weight excluding hydrogens is 432 g/mol. The number of rotatable bonds is 7. The molecule has 1 aliphatic heterocycles. The zero-order valence-corrected chi connectivity index (χ0v) is 19.0. The third-order valence-corrected chi connectivity index (χ3v) is 5.98. The number of pyridine rings is 2. The van der Waals surface area contributed by atoms with Gasteiger partial charge in [0, 0.05) is 18.0 Å². The third kappa shape index (κ3) is 4.45. The van der Waals surface area contributed by atoms with Crippen molar-refractivity contribution in [3.05, 3.63) is 102 Å². The van der Waals surface area contributed by atoms with Crippen LogP contribution < -0.4 is 10.1 Å². The number of hydrogen-bond acceptors (Lipinski definition) is 5. The minimum Gasteiger partial charge on any atom is -0.494 e. The van der Waals surface area contributed by atoms with Crippen LogP contribution >= 0.6 is 12.2 Å². The van der Waals surface area contributed by atoms with E-state index in [1.165, 1.54) is 0 Å². The molecule has 0 aliphatic carbocycles. The van der Waals surface area contributed by atoms with E-state index in [1.807, 2.05) is 79.7 Å². The molecule has 0 amide bonds. The van der Waals surface area contributed by atoms with Gasteiger partial charge in [-0.15, -0.1) is 0 Å². The molecule has 0 unspecified atom stereocenters. The summed E-state index contributed by atoms with van der Waals surface area (Å²) in [5.41, 5.74) is 2.84. The molecule has 1 N–H and O–H groups in total. The third-order valence-electron chi connectivity index (χ3n) is 5.62. The van der Waals surface area contributed by atoms with Gasteiger partial charge in [-0.2, -0.15) is 0 Å². The fraction of sp³-hybridized carbons (Fsp3) is 0.192. The van der Waals surface area contributed by atoms with E-state index >= 15 is 0 Å². The molecule has 1 saturated heterocycles. The minimum atomic E-state index is -0.161. The predicted molar refractivity (Wildman–Crippen MR) is 131 cm³/mol. The highest BCUT2D eigenvalue weighted by Gasteiger charge is 2.41. The zero-order chi connectivity index (χ0) is 22.6. The Morgan fingerprint density at radius 1 is 0.970 bits per heavy atom. The summed E-state index contributed by atoms with van der Waals surface area (Å²) in [6.45, 7) is 3.18. The first kappa shape index (κ1) is 21.2. The van der Waals surface area contributed by atoms with Crippen LogP contribution in [0.5, 0.6) is 5.75 Å². The number of thiocarbonyl (C=S) groups is 1. The topological polar surface area (TPSA) is 63.4 Å². The first-order valence-corrected chi connectivity index (χ1v) is 11.3. The van der Waals surface area contributed by atoms with Gasteiger partial charge in [0.05, 0.1) is 30.6 Å². The van der Waals surface area contributed by atoms with Crippen LogP contribution in [0.1, 0.15) is 36.2 Å². The van der Waals surface area contributed by atoms with Gasteiger partial charge >= 0.3 is 0 Å². The fourth-order valence-corrected chi connectivity index (χ4v) is 4.41. The molecule has 4 aromatic rings. The molecule has 0 bridgehead atoms. The van der Waals surface area contributed by atoms with E-state index in [-0.39, 0.29) is 12.1 Å². The van der Waals surface area contributed by atoms with E-state index in [0.29, 0.717) is 18.3 Å². The maximum atomic E-state index is 6.39. The molecule has 6 nitrogen and oxygen atoms in total. The second-order valence-corrected chi connectivity index (χ2v) is 8.12. The lowest BCUT2D eigenvalue weighted by molar-refractivity contribution is 0.267. The van der Waals surface area contributed by atoms with Crippen LogP contribution in [-0.2, 0) is 6.54 Å². The Hall–Kier alpha value is -3.71. The standard InChI is InChI=1S/C26H24N4O2S/c1-2-31-20-11-9-18(10-12-20)22-13-14-23(32-22)25-24(21-8-4-6-16-28-21)29-26(33)30(25)17-19-7-3-5-15-27-19/h3-16,24-25H,2,17H2,1H3,(H,29,33)/t24-,25-/m0/s1. The van der Waals surface area contributed by atoms with Gasteiger partial charge < -0.3 is 19.4 Å². The number of aromatic nitrogens is 2. The summed E-state index contributed by atoms with van der Waals surface area (Å²) in [6.07, 6.45) is 3.59. The van der Waals surface area contributed by atoms with Crippen molar-refractivity contribution < 1.29 is 9.15 Å². The average molecular weight is 457 g/mol. The van der Waals surface area contributed by atoms with Crippen molar-refractivity contribution >= 4 is 17.3 Å². The molecule has 1 fully saturated rings. The molecule has 166 valence electrons. The van der Waals surface area contributed by atoms with E-state index in [4.69, 9.17) is 21.4 Å². The van der Waals surface area contributed by atoms with Crippen LogP contribution in [-0.4, -0.2) is 26.6 Å². The predicted octanol–water partition coefficient (Wildman–Crippen LogP) is 5.31. The summed E-state index contributed by atoms with van der Waals surface area (Å²) in [5.74, 6) is 2.45. The average Bonchev–Trinajstić information content (AvgIpc) is 3.46. The van der Waals surface area contributed by atoms with E-state index < -0.39 is 0 Å². The lowest BCUT2D eigenvalue weighted by Gasteiger charge is -2.25. The Bertz CT molecular complexity index is 1210. The van der Waals surface area contributed by atoms with Gasteiger partial charge in [-0.3, -0.25) is 9.97 Å². The lowest BCUT2D eigenvalue weighted by atomic mass is 10.0. The molecule has 33 heavy (non-hydrogen) atoms. The van der Waals surface area contributed by atoms with E-state index in [0.717, 1.165) is 34.2 Å². The van der Waals surface area contributed by atoms with Crippen molar-refractivity contribution in [3.63, 3.8) is 0 Å². The normalized spacial score (nSPS) is 17.7. The van der Waals surface area contributed by atoms with Crippen molar-refractivity contribution in [2.75, 3.05) is 6.61 Å². The van der Waals surface area contributed by atoms with Gasteiger partial charge in [-0.25, -0.2) is 0 Å². The highest BCUT2D eigenvalue weighted by Crippen LogP contribution is 2.41. The molecule has 0 radical (unpaired) electrons. The Balaban J connectivity index is 1.49. The summed E-state index contributed by atoms with van der Waals surface area (Å²) in [4.78, 5) is 11.2. The van der Waals surface area contributed by atoms with Gasteiger partial charge in [0.2, 0.25) is 0 Å². The van der Waals surface area contributed by atoms with Crippen LogP contribution in [0.3, 0.4) is 0 Å². The summed E-state index contributed by atoms with van der Waals surface area (Å²) in [7, 11) is 0. The van der Waals surface area contributed by atoms with Gasteiger partial charge in [-0.05, 0) is 79.8 Å². The van der Waals surface area contributed by atoms with Gasteiger partial charge in [0.25, 0.3) is 0 Å². The monoisotopic (exact) mass is 456 g/mol. The molecule has 3 aromatic heterocycles. The molecule has 1 aliphatic rings. The molecule has 0 spiro atoms. The highest BCUT2D eigenvalue weighted by molar-refractivity contribution is 7.80. The van der Waals surface area contributed by atoms with Crippen LogP contribution in [0.15, 0.2) is 89.6 Å². The molecular formula is C26H24N4O2S. The van der Waals surface area contributed by atoms with E-state index in [9.17, 15) is 0 Å². The fourth-order valence-electron chi connectivity index (χ4n) is 4.10. The number of furan rings is 1. The number of nitrogens with zero attached hydrogens (tertiary/aromatic N) is 3. The van der Waals surface area contributed by atoms with Crippen molar-refractivity contribution in [3.8, 4) is 17.1 Å². The Morgan fingerprint density at radius 3 is 2.45 bits per heavy atom. The Kier molecular flexibility index (Phi) is 6.04. The molecule has 2 atom stereocenters. The zero-order valence-electron chi connectivity index (χ0n) is 18.2. The first-order valence-electron chi connectivity index (χ1n) is 10.9. The quantitative estimate of drug-likeness (QED) is 0.378. The number of hydrogen-bond donors (Lipinski definition) is 1. The summed E-state index contributed by atoms with van der Waals surface area (Å²) < 4.78 is 11.9. The van der Waals surface area contributed by atoms with Crippen LogP contribution in [0.2, 0.25) is 0 Å². The first-order chi connectivity index (χ1) is 16.2. The van der Waals surface area contributed by atoms with Crippen molar-refractivity contribution in [2.24, 2.45) is 0 Å². The van der Waals surface area contributed by atoms with E-state index in [2.05, 4.69) is 20.2 Å².